The molecule has 82 valence electrons. The average molecular weight is 198 g/mol. The quantitative estimate of drug-likeness (QED) is 0.498. The molecule has 1 rings (SSSR count). The first-order chi connectivity index (χ1) is 6.86. The maximum Gasteiger partial charge on any atom is 0.0839 e. The van der Waals surface area contributed by atoms with E-state index in [2.05, 4.69) is 6.92 Å². The molecule has 0 amide bonds. The molecule has 2 heteroatoms. The molecule has 1 heterocycles. The van der Waals surface area contributed by atoms with Crippen molar-refractivity contribution in [1.82, 2.24) is 0 Å². The fourth-order valence-corrected chi connectivity index (χ4v) is 1.84. The Bertz CT molecular complexity index is 165. The zero-order chi connectivity index (χ0) is 10.2. The van der Waals surface area contributed by atoms with Crippen molar-refractivity contribution in [3.63, 3.8) is 0 Å². The van der Waals surface area contributed by atoms with Gasteiger partial charge in [0.25, 0.3) is 0 Å². The van der Waals surface area contributed by atoms with E-state index in [9.17, 15) is 0 Å². The molecule has 0 N–H and O–H groups in total. The fourth-order valence-electron chi connectivity index (χ4n) is 1.84. The molecular formula is C12H22O2. The monoisotopic (exact) mass is 198 g/mol. The average Bonchev–Trinajstić information content (AvgIpc) is 2.21. The van der Waals surface area contributed by atoms with Gasteiger partial charge in [-0.1, -0.05) is 26.2 Å². The molecule has 2 nitrogen and oxygen atoms in total. The van der Waals surface area contributed by atoms with Gasteiger partial charge in [-0.2, -0.15) is 0 Å². The van der Waals surface area contributed by atoms with Crippen LogP contribution in [0, 0.1) is 0 Å². The second-order valence-corrected chi connectivity index (χ2v) is 3.98. The summed E-state index contributed by atoms with van der Waals surface area (Å²) in [6, 6.07) is 0. The smallest absolute Gasteiger partial charge is 0.0839 e. The zero-order valence-electron chi connectivity index (χ0n) is 9.42. The lowest BCUT2D eigenvalue weighted by Crippen LogP contribution is -2.20. The van der Waals surface area contributed by atoms with E-state index in [1.165, 1.54) is 37.7 Å². The minimum atomic E-state index is 0.496. The number of hydrogen-bond acceptors (Lipinski definition) is 2. The first-order valence-corrected chi connectivity index (χ1v) is 5.69. The first-order valence-electron chi connectivity index (χ1n) is 5.69. The van der Waals surface area contributed by atoms with Crippen LogP contribution in [0.25, 0.3) is 0 Å². The van der Waals surface area contributed by atoms with E-state index in [-0.39, 0.29) is 0 Å². The largest absolute Gasteiger partial charge is 0.504 e. The SMILES string of the molecule is CCCCCC1CC/C(=C/OC)CO1. The van der Waals surface area contributed by atoms with Gasteiger partial charge < -0.3 is 9.47 Å². The third-order valence-electron chi connectivity index (χ3n) is 2.71. The maximum absolute atomic E-state index is 5.74. The number of methoxy groups -OCH3 is 1. The minimum Gasteiger partial charge on any atom is -0.504 e. The molecule has 1 aliphatic heterocycles. The summed E-state index contributed by atoms with van der Waals surface area (Å²) >= 11 is 0. The van der Waals surface area contributed by atoms with Crippen LogP contribution >= 0.6 is 0 Å². The molecule has 1 saturated heterocycles. The van der Waals surface area contributed by atoms with E-state index in [1.807, 2.05) is 6.26 Å². The lowest BCUT2D eigenvalue weighted by Gasteiger charge is -2.24. The summed E-state index contributed by atoms with van der Waals surface area (Å²) < 4.78 is 10.7. The molecule has 0 aliphatic carbocycles. The first kappa shape index (κ1) is 11.6. The van der Waals surface area contributed by atoms with Gasteiger partial charge in [-0.25, -0.2) is 0 Å². The van der Waals surface area contributed by atoms with Gasteiger partial charge in [-0.3, -0.25) is 0 Å². The Labute approximate surface area is 87.3 Å². The van der Waals surface area contributed by atoms with Crippen LogP contribution < -0.4 is 0 Å². The standard InChI is InChI=1S/C12H22O2/c1-3-4-5-6-12-8-7-11(9-13-2)10-14-12/h9,12H,3-8,10H2,1-2H3/b11-9-. The summed E-state index contributed by atoms with van der Waals surface area (Å²) in [5.41, 5.74) is 1.29. The fraction of sp³-hybridized carbons (Fsp3) is 0.833. The van der Waals surface area contributed by atoms with Gasteiger partial charge in [-0.05, 0) is 24.8 Å². The number of ether oxygens (including phenoxy) is 2. The van der Waals surface area contributed by atoms with Gasteiger partial charge in [0.2, 0.25) is 0 Å². The highest BCUT2D eigenvalue weighted by Gasteiger charge is 2.16. The maximum atomic E-state index is 5.74. The summed E-state index contributed by atoms with van der Waals surface area (Å²) in [4.78, 5) is 0. The molecule has 0 saturated carbocycles. The Hall–Kier alpha value is -0.500. The predicted octanol–water partition coefficient (Wildman–Crippen LogP) is 3.28. The van der Waals surface area contributed by atoms with Crippen LogP contribution in [0.2, 0.25) is 0 Å². The zero-order valence-corrected chi connectivity index (χ0v) is 9.42. The van der Waals surface area contributed by atoms with E-state index in [4.69, 9.17) is 9.47 Å². The van der Waals surface area contributed by atoms with Crippen molar-refractivity contribution in [2.75, 3.05) is 13.7 Å². The van der Waals surface area contributed by atoms with Crippen molar-refractivity contribution in [1.29, 1.82) is 0 Å². The van der Waals surface area contributed by atoms with Crippen LogP contribution in [-0.4, -0.2) is 19.8 Å². The third-order valence-corrected chi connectivity index (χ3v) is 2.71. The second kappa shape index (κ2) is 6.88. The highest BCUT2D eigenvalue weighted by Crippen LogP contribution is 2.21. The van der Waals surface area contributed by atoms with Crippen LogP contribution in [0.5, 0.6) is 0 Å². The van der Waals surface area contributed by atoms with Crippen LogP contribution in [-0.2, 0) is 9.47 Å². The molecule has 0 aromatic heterocycles. The van der Waals surface area contributed by atoms with Crippen molar-refractivity contribution in [2.45, 2.75) is 51.6 Å². The van der Waals surface area contributed by atoms with Crippen LogP contribution in [0.15, 0.2) is 11.8 Å². The summed E-state index contributed by atoms with van der Waals surface area (Å²) in [5, 5.41) is 0. The molecule has 0 aromatic rings. The van der Waals surface area contributed by atoms with Crippen molar-refractivity contribution in [2.24, 2.45) is 0 Å². The molecule has 1 fully saturated rings. The highest BCUT2D eigenvalue weighted by molar-refractivity contribution is 5.01. The summed E-state index contributed by atoms with van der Waals surface area (Å²) in [7, 11) is 1.69. The van der Waals surface area contributed by atoms with Crippen molar-refractivity contribution < 1.29 is 9.47 Å². The molecule has 0 radical (unpaired) electrons. The van der Waals surface area contributed by atoms with Gasteiger partial charge in [0.15, 0.2) is 0 Å². The number of hydrogen-bond donors (Lipinski definition) is 0. The van der Waals surface area contributed by atoms with Gasteiger partial charge in [0.05, 0.1) is 26.1 Å². The molecule has 0 bridgehead atoms. The van der Waals surface area contributed by atoms with Crippen molar-refractivity contribution in [3.05, 3.63) is 11.8 Å². The van der Waals surface area contributed by atoms with E-state index in [0.29, 0.717) is 6.10 Å². The Kier molecular flexibility index (Phi) is 5.69. The van der Waals surface area contributed by atoms with Gasteiger partial charge in [0, 0.05) is 0 Å². The molecule has 14 heavy (non-hydrogen) atoms. The predicted molar refractivity (Wildman–Crippen MR) is 58.2 cm³/mol. The summed E-state index contributed by atoms with van der Waals surface area (Å²) in [6.45, 7) is 3.01. The van der Waals surface area contributed by atoms with E-state index in [0.717, 1.165) is 13.0 Å². The molecule has 0 spiro atoms. The Morgan fingerprint density at radius 2 is 2.36 bits per heavy atom. The summed E-state index contributed by atoms with van der Waals surface area (Å²) in [5.74, 6) is 0. The highest BCUT2D eigenvalue weighted by atomic mass is 16.5. The van der Waals surface area contributed by atoms with Gasteiger partial charge in [0.1, 0.15) is 0 Å². The van der Waals surface area contributed by atoms with Gasteiger partial charge >= 0.3 is 0 Å². The van der Waals surface area contributed by atoms with Crippen molar-refractivity contribution >= 4 is 0 Å². The number of unbranched alkanes of at least 4 members (excludes halogenated alkanes) is 2. The minimum absolute atomic E-state index is 0.496. The van der Waals surface area contributed by atoms with E-state index < -0.39 is 0 Å². The van der Waals surface area contributed by atoms with E-state index >= 15 is 0 Å². The molecule has 1 unspecified atom stereocenters. The third kappa shape index (κ3) is 4.14. The van der Waals surface area contributed by atoms with E-state index in [1.54, 1.807) is 7.11 Å². The molecular weight excluding hydrogens is 176 g/mol. The summed E-state index contributed by atoms with van der Waals surface area (Å²) in [6.07, 6.45) is 9.79. The number of rotatable bonds is 5. The lowest BCUT2D eigenvalue weighted by atomic mass is 10.0. The Balaban J connectivity index is 2.12. The Morgan fingerprint density at radius 3 is 2.93 bits per heavy atom. The van der Waals surface area contributed by atoms with Gasteiger partial charge in [-0.15, -0.1) is 0 Å². The lowest BCUT2D eigenvalue weighted by molar-refractivity contribution is 0.0332. The molecule has 1 aliphatic rings. The topological polar surface area (TPSA) is 18.5 Å². The molecule has 1 atom stereocenters. The van der Waals surface area contributed by atoms with Crippen molar-refractivity contribution in [3.8, 4) is 0 Å². The molecule has 0 aromatic carbocycles. The Morgan fingerprint density at radius 1 is 1.50 bits per heavy atom. The van der Waals surface area contributed by atoms with Crippen LogP contribution in [0.4, 0.5) is 0 Å². The van der Waals surface area contributed by atoms with Crippen LogP contribution in [0.1, 0.15) is 45.4 Å². The van der Waals surface area contributed by atoms with Crippen LogP contribution in [0.3, 0.4) is 0 Å². The normalized spacial score (nSPS) is 25.3. The second-order valence-electron chi connectivity index (χ2n) is 3.98.